The van der Waals surface area contributed by atoms with Gasteiger partial charge in [0.2, 0.25) is 5.75 Å². The van der Waals surface area contributed by atoms with Crippen LogP contribution in [0.5, 0.6) is 11.6 Å². The zero-order valence-corrected chi connectivity index (χ0v) is 22.5. The Hall–Kier alpha value is -4.35. The molecule has 12 heteroatoms. The molecule has 1 aliphatic rings. The SMILES string of the molecule is COc1ncnc(NS(=O)(=O)c2ccc(NN3C(=O)C(Cl)C3(c3ccccc3)c3ccccc3)cc2)c1OC. The molecule has 10 nitrogen and oxygen atoms in total. The summed E-state index contributed by atoms with van der Waals surface area (Å²) in [5, 5.41) is 0.633. The summed E-state index contributed by atoms with van der Waals surface area (Å²) >= 11 is 6.71. The number of alkyl halides is 1. The second kappa shape index (κ2) is 10.4. The van der Waals surface area contributed by atoms with Crippen LogP contribution >= 0.6 is 11.6 Å². The fourth-order valence-electron chi connectivity index (χ4n) is 4.54. The number of carbonyl (C=O) groups is 1. The molecule has 0 spiro atoms. The highest BCUT2D eigenvalue weighted by atomic mass is 35.5. The first-order valence-corrected chi connectivity index (χ1v) is 13.7. The highest BCUT2D eigenvalue weighted by Gasteiger charge is 2.62. The summed E-state index contributed by atoms with van der Waals surface area (Å²) in [5.74, 6) is -0.247. The molecular formula is C27H24ClN5O5S. The molecule has 2 N–H and O–H groups in total. The second-order valence-electron chi connectivity index (χ2n) is 8.54. The fraction of sp³-hybridized carbons (Fsp3) is 0.148. The maximum atomic E-state index is 13.1. The van der Waals surface area contributed by atoms with Crippen LogP contribution in [0.4, 0.5) is 11.5 Å². The van der Waals surface area contributed by atoms with E-state index in [0.29, 0.717) is 5.69 Å². The van der Waals surface area contributed by atoms with Crippen LogP contribution in [0.1, 0.15) is 11.1 Å². The van der Waals surface area contributed by atoms with E-state index in [1.807, 2.05) is 60.7 Å². The van der Waals surface area contributed by atoms with Crippen LogP contribution in [0.3, 0.4) is 0 Å². The van der Waals surface area contributed by atoms with Crippen LogP contribution in [0.25, 0.3) is 0 Å². The van der Waals surface area contributed by atoms with Crippen molar-refractivity contribution in [3.63, 3.8) is 0 Å². The third-order valence-corrected chi connectivity index (χ3v) is 8.25. The number of ether oxygens (including phenoxy) is 2. The molecule has 1 aliphatic heterocycles. The first-order valence-electron chi connectivity index (χ1n) is 11.7. The molecule has 200 valence electrons. The monoisotopic (exact) mass is 565 g/mol. The minimum atomic E-state index is -4.04. The van der Waals surface area contributed by atoms with Crippen LogP contribution in [0.2, 0.25) is 0 Å². The number of nitrogens with zero attached hydrogens (tertiary/aromatic N) is 3. The van der Waals surface area contributed by atoms with E-state index >= 15 is 0 Å². The number of carbonyl (C=O) groups excluding carboxylic acids is 1. The number of β-lactam (4-membered cyclic amide) rings is 1. The standard InChI is InChI=1S/C27H24ClN5O5S/c1-37-22-24(29-17-30-25(22)38-2)32-39(35,36)21-15-13-20(14-16-21)31-33-26(34)23(28)27(33,18-9-5-3-6-10-18)19-11-7-4-8-12-19/h3-17,23,31H,1-2H3,(H,29,30,32). The van der Waals surface area contributed by atoms with Crippen molar-refractivity contribution in [1.82, 2.24) is 15.0 Å². The molecule has 1 atom stereocenters. The van der Waals surface area contributed by atoms with Gasteiger partial charge in [0.1, 0.15) is 17.2 Å². The number of methoxy groups -OCH3 is 2. The second-order valence-corrected chi connectivity index (χ2v) is 10.7. The van der Waals surface area contributed by atoms with Gasteiger partial charge in [0.05, 0.1) is 24.8 Å². The number of nitrogens with one attached hydrogen (secondary N) is 2. The van der Waals surface area contributed by atoms with Gasteiger partial charge in [-0.15, -0.1) is 11.6 Å². The van der Waals surface area contributed by atoms with Gasteiger partial charge in [-0.1, -0.05) is 60.7 Å². The number of rotatable bonds is 9. The number of hydrogen-bond acceptors (Lipinski definition) is 8. The molecule has 1 saturated heterocycles. The largest absolute Gasteiger partial charge is 0.489 e. The summed E-state index contributed by atoms with van der Waals surface area (Å²) in [6.45, 7) is 0. The summed E-state index contributed by atoms with van der Waals surface area (Å²) < 4.78 is 38.8. The normalized spacial score (nSPS) is 16.2. The number of sulfonamides is 1. The van der Waals surface area contributed by atoms with E-state index < -0.39 is 20.9 Å². The maximum Gasteiger partial charge on any atom is 0.263 e. The fourth-order valence-corrected chi connectivity index (χ4v) is 6.00. The van der Waals surface area contributed by atoms with E-state index in [0.717, 1.165) is 17.5 Å². The molecule has 1 aromatic heterocycles. The van der Waals surface area contributed by atoms with Crippen molar-refractivity contribution in [1.29, 1.82) is 0 Å². The number of halogens is 1. The van der Waals surface area contributed by atoms with Crippen molar-refractivity contribution in [2.45, 2.75) is 15.8 Å². The van der Waals surface area contributed by atoms with Gasteiger partial charge in [0.25, 0.3) is 21.8 Å². The van der Waals surface area contributed by atoms with Gasteiger partial charge in [-0.3, -0.25) is 14.9 Å². The predicted molar refractivity (Wildman–Crippen MR) is 146 cm³/mol. The van der Waals surface area contributed by atoms with Gasteiger partial charge in [-0.05, 0) is 35.4 Å². The van der Waals surface area contributed by atoms with Gasteiger partial charge < -0.3 is 9.47 Å². The Balaban J connectivity index is 1.44. The predicted octanol–water partition coefficient (Wildman–Crippen LogP) is 4.01. The molecule has 1 amide bonds. The Morgan fingerprint density at radius 3 is 2.00 bits per heavy atom. The number of anilines is 2. The lowest BCUT2D eigenvalue weighted by atomic mass is 9.73. The number of hydrazine groups is 1. The van der Waals surface area contributed by atoms with E-state index in [4.69, 9.17) is 21.1 Å². The van der Waals surface area contributed by atoms with Crippen molar-refractivity contribution in [2.75, 3.05) is 24.4 Å². The molecule has 1 unspecified atom stereocenters. The molecule has 2 heterocycles. The summed E-state index contributed by atoms with van der Waals surface area (Å²) in [6.07, 6.45) is 1.16. The van der Waals surface area contributed by atoms with Crippen LogP contribution in [0, 0.1) is 0 Å². The van der Waals surface area contributed by atoms with E-state index in [-0.39, 0.29) is 28.3 Å². The zero-order valence-electron chi connectivity index (χ0n) is 20.9. The van der Waals surface area contributed by atoms with Gasteiger partial charge in [0, 0.05) is 0 Å². The highest BCUT2D eigenvalue weighted by Crippen LogP contribution is 2.49. The van der Waals surface area contributed by atoms with Crippen molar-refractivity contribution < 1.29 is 22.7 Å². The maximum absolute atomic E-state index is 13.1. The van der Waals surface area contributed by atoms with Crippen LogP contribution in [-0.4, -0.2) is 48.9 Å². The van der Waals surface area contributed by atoms with E-state index in [9.17, 15) is 13.2 Å². The molecule has 0 saturated carbocycles. The first kappa shape index (κ1) is 26.3. The highest BCUT2D eigenvalue weighted by molar-refractivity contribution is 7.92. The Bertz CT molecular complexity index is 1550. The Kier molecular flexibility index (Phi) is 7.02. The molecule has 1 fully saturated rings. The number of amides is 1. The van der Waals surface area contributed by atoms with Crippen LogP contribution in [0.15, 0.2) is 96.2 Å². The molecule has 4 aromatic rings. The summed E-state index contributed by atoms with van der Waals surface area (Å²) in [5.41, 5.74) is 4.32. The molecule has 0 bridgehead atoms. The lowest BCUT2D eigenvalue weighted by Gasteiger charge is -2.55. The van der Waals surface area contributed by atoms with Crippen molar-refractivity contribution in [2.24, 2.45) is 0 Å². The van der Waals surface area contributed by atoms with Gasteiger partial charge in [-0.25, -0.2) is 18.4 Å². The molecule has 0 aliphatic carbocycles. The van der Waals surface area contributed by atoms with Gasteiger partial charge in [0.15, 0.2) is 5.82 Å². The van der Waals surface area contributed by atoms with E-state index in [1.165, 1.54) is 31.4 Å². The van der Waals surface area contributed by atoms with E-state index in [2.05, 4.69) is 20.1 Å². The average molecular weight is 566 g/mol. The summed E-state index contributed by atoms with van der Waals surface area (Å²) in [7, 11) is -1.30. The molecule has 39 heavy (non-hydrogen) atoms. The number of benzene rings is 3. The molecule has 0 radical (unpaired) electrons. The number of hydrogen-bond donors (Lipinski definition) is 2. The third kappa shape index (κ3) is 4.49. The van der Waals surface area contributed by atoms with Gasteiger partial charge >= 0.3 is 0 Å². The lowest BCUT2D eigenvalue weighted by Crippen LogP contribution is -2.72. The summed E-state index contributed by atoms with van der Waals surface area (Å²) in [6, 6.07) is 24.9. The minimum absolute atomic E-state index is 0.0322. The average Bonchev–Trinajstić information content (AvgIpc) is 2.97. The van der Waals surface area contributed by atoms with Gasteiger partial charge in [-0.2, -0.15) is 4.98 Å². The topological polar surface area (TPSA) is 123 Å². The van der Waals surface area contributed by atoms with Crippen molar-refractivity contribution >= 4 is 39.0 Å². The van der Waals surface area contributed by atoms with Crippen LogP contribution in [-0.2, 0) is 20.4 Å². The molecule has 5 rings (SSSR count). The van der Waals surface area contributed by atoms with E-state index in [1.54, 1.807) is 12.1 Å². The smallest absolute Gasteiger partial charge is 0.263 e. The lowest BCUT2D eigenvalue weighted by molar-refractivity contribution is -0.149. The quantitative estimate of drug-likeness (QED) is 0.230. The first-order chi connectivity index (χ1) is 18.8. The molecule has 3 aromatic carbocycles. The number of aromatic nitrogens is 2. The Labute approximate surface area is 230 Å². The van der Waals surface area contributed by atoms with Crippen LogP contribution < -0.4 is 19.6 Å². The Morgan fingerprint density at radius 2 is 1.46 bits per heavy atom. The van der Waals surface area contributed by atoms with Crippen molar-refractivity contribution in [3.8, 4) is 11.6 Å². The van der Waals surface area contributed by atoms with Crippen molar-refractivity contribution in [3.05, 3.63) is 102 Å². The zero-order chi connectivity index (χ0) is 27.6. The minimum Gasteiger partial charge on any atom is -0.489 e. The molecular weight excluding hydrogens is 542 g/mol. The Morgan fingerprint density at radius 1 is 0.872 bits per heavy atom. The third-order valence-electron chi connectivity index (χ3n) is 6.39. The summed E-state index contributed by atoms with van der Waals surface area (Å²) in [4.78, 5) is 20.9.